The van der Waals surface area contributed by atoms with Crippen LogP contribution in [0.15, 0.2) is 24.3 Å². The fraction of sp³-hybridized carbons (Fsp3) is 0.455. The third-order valence-electron chi connectivity index (χ3n) is 2.18. The number of hydrogen-bond donors (Lipinski definition) is 1. The summed E-state index contributed by atoms with van der Waals surface area (Å²) in [6, 6.07) is 5.51. The maximum Gasteiger partial charge on any atom is 0.212 e. The Balaban J connectivity index is 2.76. The van der Waals surface area contributed by atoms with Crippen molar-refractivity contribution in [2.75, 3.05) is 5.75 Å². The van der Waals surface area contributed by atoms with Crippen molar-refractivity contribution in [1.29, 1.82) is 0 Å². The first-order valence-corrected chi connectivity index (χ1v) is 6.85. The summed E-state index contributed by atoms with van der Waals surface area (Å²) in [5.74, 6) is -0.272. The van der Waals surface area contributed by atoms with Crippen LogP contribution < -0.4 is 4.72 Å². The molecule has 0 aliphatic rings. The maximum atomic E-state index is 12.9. The number of hydrogen-bond acceptors (Lipinski definition) is 2. The van der Waals surface area contributed by atoms with Gasteiger partial charge in [0.05, 0.1) is 5.75 Å². The van der Waals surface area contributed by atoms with Crippen molar-refractivity contribution in [1.82, 2.24) is 4.72 Å². The van der Waals surface area contributed by atoms with Gasteiger partial charge in [-0.15, -0.1) is 0 Å². The van der Waals surface area contributed by atoms with E-state index in [0.717, 1.165) is 0 Å². The van der Waals surface area contributed by atoms with Crippen LogP contribution >= 0.6 is 0 Å². The smallest absolute Gasteiger partial charge is 0.212 e. The van der Waals surface area contributed by atoms with Gasteiger partial charge in [0.1, 0.15) is 5.82 Å². The lowest BCUT2D eigenvalue weighted by Crippen LogP contribution is -2.28. The molecule has 1 unspecified atom stereocenters. The lowest BCUT2D eigenvalue weighted by atomic mass is 10.1. The number of benzene rings is 1. The highest BCUT2D eigenvalue weighted by Crippen LogP contribution is 2.14. The maximum absolute atomic E-state index is 12.9. The monoisotopic (exact) mass is 245 g/mol. The van der Waals surface area contributed by atoms with Crippen LogP contribution in [0.3, 0.4) is 0 Å². The third kappa shape index (κ3) is 3.90. The van der Waals surface area contributed by atoms with Crippen LogP contribution in [0.1, 0.15) is 31.9 Å². The van der Waals surface area contributed by atoms with E-state index < -0.39 is 16.1 Å². The van der Waals surface area contributed by atoms with Crippen LogP contribution in [0, 0.1) is 5.82 Å². The van der Waals surface area contributed by atoms with Crippen LogP contribution in [-0.2, 0) is 10.0 Å². The zero-order valence-electron chi connectivity index (χ0n) is 9.40. The second-order valence-electron chi connectivity index (χ2n) is 3.71. The average Bonchev–Trinajstić information content (AvgIpc) is 2.16. The molecule has 0 amide bonds. The predicted octanol–water partition coefficient (Wildman–Crippen LogP) is 2.22. The predicted molar refractivity (Wildman–Crippen MR) is 62.0 cm³/mol. The van der Waals surface area contributed by atoms with E-state index in [-0.39, 0.29) is 11.6 Å². The van der Waals surface area contributed by atoms with Gasteiger partial charge in [0.2, 0.25) is 10.0 Å². The minimum atomic E-state index is -3.26. The van der Waals surface area contributed by atoms with Crippen molar-refractivity contribution in [3.63, 3.8) is 0 Å². The molecule has 1 rings (SSSR count). The summed E-state index contributed by atoms with van der Waals surface area (Å²) in [5, 5.41) is 0. The van der Waals surface area contributed by atoms with Gasteiger partial charge in [-0.1, -0.05) is 19.1 Å². The largest absolute Gasteiger partial charge is 0.212 e. The molecule has 1 aromatic carbocycles. The van der Waals surface area contributed by atoms with Crippen LogP contribution in [0.25, 0.3) is 0 Å². The number of rotatable bonds is 5. The Kier molecular flexibility index (Phi) is 4.44. The molecule has 0 heterocycles. The van der Waals surface area contributed by atoms with Gasteiger partial charge in [-0.05, 0) is 31.0 Å². The Morgan fingerprint density at radius 1 is 1.44 bits per heavy atom. The van der Waals surface area contributed by atoms with Crippen molar-refractivity contribution in [3.8, 4) is 0 Å². The van der Waals surface area contributed by atoms with Gasteiger partial charge in [-0.3, -0.25) is 0 Å². The topological polar surface area (TPSA) is 46.2 Å². The van der Waals surface area contributed by atoms with E-state index in [9.17, 15) is 12.8 Å². The van der Waals surface area contributed by atoms with E-state index in [1.54, 1.807) is 26.0 Å². The van der Waals surface area contributed by atoms with Crippen LogP contribution in [0.2, 0.25) is 0 Å². The standard InChI is InChI=1S/C11H16FNO2S/c1-3-7-16(14,15)13-9(2)10-5-4-6-11(12)8-10/h4-6,8-9,13H,3,7H2,1-2H3. The van der Waals surface area contributed by atoms with E-state index in [0.29, 0.717) is 12.0 Å². The molecule has 0 aliphatic heterocycles. The molecule has 0 fully saturated rings. The van der Waals surface area contributed by atoms with Gasteiger partial charge in [-0.2, -0.15) is 0 Å². The number of halogens is 1. The highest BCUT2D eigenvalue weighted by molar-refractivity contribution is 7.89. The van der Waals surface area contributed by atoms with Crippen molar-refractivity contribution in [3.05, 3.63) is 35.6 Å². The van der Waals surface area contributed by atoms with E-state index in [1.807, 2.05) is 0 Å². The Bertz CT molecular complexity index is 445. The van der Waals surface area contributed by atoms with Crippen LogP contribution in [-0.4, -0.2) is 14.2 Å². The zero-order chi connectivity index (χ0) is 12.2. The van der Waals surface area contributed by atoms with E-state index in [2.05, 4.69) is 4.72 Å². The molecule has 1 N–H and O–H groups in total. The van der Waals surface area contributed by atoms with Crippen molar-refractivity contribution in [2.24, 2.45) is 0 Å². The summed E-state index contributed by atoms with van der Waals surface area (Å²) >= 11 is 0. The lowest BCUT2D eigenvalue weighted by Gasteiger charge is -2.14. The summed E-state index contributed by atoms with van der Waals surface area (Å²) in [7, 11) is -3.26. The van der Waals surface area contributed by atoms with Gasteiger partial charge in [0.15, 0.2) is 0 Å². The Morgan fingerprint density at radius 3 is 2.69 bits per heavy atom. The Labute approximate surface area is 95.7 Å². The number of sulfonamides is 1. The molecule has 90 valence electrons. The molecular formula is C11H16FNO2S. The lowest BCUT2D eigenvalue weighted by molar-refractivity contribution is 0.563. The molecule has 16 heavy (non-hydrogen) atoms. The molecular weight excluding hydrogens is 229 g/mol. The van der Waals surface area contributed by atoms with Crippen LogP contribution in [0.4, 0.5) is 4.39 Å². The molecule has 0 spiro atoms. The van der Waals surface area contributed by atoms with E-state index >= 15 is 0 Å². The zero-order valence-corrected chi connectivity index (χ0v) is 10.2. The van der Waals surface area contributed by atoms with E-state index in [1.165, 1.54) is 12.1 Å². The summed E-state index contributed by atoms with van der Waals surface area (Å²) in [4.78, 5) is 0. The minimum absolute atomic E-state index is 0.0899. The fourth-order valence-electron chi connectivity index (χ4n) is 1.44. The van der Waals surface area contributed by atoms with Gasteiger partial charge in [0.25, 0.3) is 0 Å². The van der Waals surface area contributed by atoms with Crippen LogP contribution in [0.5, 0.6) is 0 Å². The molecule has 0 aromatic heterocycles. The van der Waals surface area contributed by atoms with Crippen molar-refractivity contribution in [2.45, 2.75) is 26.3 Å². The van der Waals surface area contributed by atoms with E-state index in [4.69, 9.17) is 0 Å². The summed E-state index contributed by atoms with van der Waals surface area (Å²) in [5.41, 5.74) is 0.625. The summed E-state index contributed by atoms with van der Waals surface area (Å²) < 4.78 is 38.4. The normalized spacial score (nSPS) is 13.7. The molecule has 3 nitrogen and oxygen atoms in total. The molecule has 0 radical (unpaired) electrons. The molecule has 0 saturated carbocycles. The molecule has 5 heteroatoms. The first-order valence-electron chi connectivity index (χ1n) is 5.20. The van der Waals surface area contributed by atoms with Gasteiger partial charge in [0, 0.05) is 6.04 Å². The highest BCUT2D eigenvalue weighted by Gasteiger charge is 2.14. The Hall–Kier alpha value is -0.940. The first kappa shape index (κ1) is 13.1. The molecule has 0 bridgehead atoms. The molecule has 1 atom stereocenters. The average molecular weight is 245 g/mol. The summed E-state index contributed by atoms with van der Waals surface area (Å²) in [6.07, 6.45) is 0.561. The minimum Gasteiger partial charge on any atom is -0.212 e. The second kappa shape index (κ2) is 5.41. The highest BCUT2D eigenvalue weighted by atomic mass is 32.2. The van der Waals surface area contributed by atoms with Crippen molar-refractivity contribution >= 4 is 10.0 Å². The number of nitrogens with one attached hydrogen (secondary N) is 1. The molecule has 0 saturated heterocycles. The summed E-state index contributed by atoms with van der Waals surface area (Å²) in [6.45, 7) is 3.49. The van der Waals surface area contributed by atoms with Gasteiger partial charge < -0.3 is 0 Å². The Morgan fingerprint density at radius 2 is 2.12 bits per heavy atom. The van der Waals surface area contributed by atoms with Gasteiger partial charge in [-0.25, -0.2) is 17.5 Å². The van der Waals surface area contributed by atoms with Gasteiger partial charge >= 0.3 is 0 Å². The third-order valence-corrected chi connectivity index (χ3v) is 3.84. The molecule has 1 aromatic rings. The SMILES string of the molecule is CCCS(=O)(=O)NC(C)c1cccc(F)c1. The van der Waals surface area contributed by atoms with Crippen molar-refractivity contribution < 1.29 is 12.8 Å². The second-order valence-corrected chi connectivity index (χ2v) is 5.59. The first-order chi connectivity index (χ1) is 7.44. The molecule has 0 aliphatic carbocycles. The fourth-order valence-corrected chi connectivity index (χ4v) is 2.77. The quantitative estimate of drug-likeness (QED) is 0.864.